The molecule has 132 valence electrons. The summed E-state index contributed by atoms with van der Waals surface area (Å²) in [6.07, 6.45) is 14.2. The lowest BCUT2D eigenvalue weighted by Crippen LogP contribution is -2.23. The molecule has 4 rings (SSSR count). The molecule has 1 atom stereocenters. The van der Waals surface area contributed by atoms with E-state index in [9.17, 15) is 0 Å². The second kappa shape index (κ2) is 8.50. The van der Waals surface area contributed by atoms with Gasteiger partial charge >= 0.3 is 0 Å². The van der Waals surface area contributed by atoms with Gasteiger partial charge in [-0.05, 0) is 61.4 Å². The Morgan fingerprint density at radius 2 is 1.12 bits per heavy atom. The minimum atomic E-state index is -0.199. The molecular formula is C24H31P. The normalized spacial score (nSPS) is 21.1. The first-order valence-corrected chi connectivity index (χ1v) is 11.8. The lowest BCUT2D eigenvalue weighted by Gasteiger charge is -2.32. The first kappa shape index (κ1) is 17.3. The third kappa shape index (κ3) is 4.17. The van der Waals surface area contributed by atoms with Gasteiger partial charge in [0.15, 0.2) is 0 Å². The molecule has 0 spiro atoms. The van der Waals surface area contributed by atoms with E-state index in [1.165, 1.54) is 64.2 Å². The van der Waals surface area contributed by atoms with Crippen molar-refractivity contribution in [1.29, 1.82) is 0 Å². The second-order valence-corrected chi connectivity index (χ2v) is 10.4. The van der Waals surface area contributed by atoms with Crippen LogP contribution in [-0.4, -0.2) is 5.66 Å². The van der Waals surface area contributed by atoms with E-state index in [2.05, 4.69) is 54.6 Å². The summed E-state index contributed by atoms with van der Waals surface area (Å²) in [6.45, 7) is 0. The molecule has 1 heteroatoms. The van der Waals surface area contributed by atoms with Crippen LogP contribution in [0.5, 0.6) is 0 Å². The van der Waals surface area contributed by atoms with E-state index in [0.29, 0.717) is 0 Å². The number of benzene rings is 2. The van der Waals surface area contributed by atoms with Crippen molar-refractivity contribution in [2.75, 3.05) is 0 Å². The highest BCUT2D eigenvalue weighted by molar-refractivity contribution is 7.73. The minimum absolute atomic E-state index is 0.199. The SMILES string of the molecule is c1ccc(P(c2ccc(C3CCCCC3)cc2)C2CCCCC2)cc1. The fourth-order valence-corrected chi connectivity index (χ4v) is 7.83. The fraction of sp³-hybridized carbons (Fsp3) is 0.500. The zero-order valence-corrected chi connectivity index (χ0v) is 16.3. The maximum absolute atomic E-state index is 2.48. The van der Waals surface area contributed by atoms with Crippen LogP contribution in [0.2, 0.25) is 0 Å². The Morgan fingerprint density at radius 1 is 0.560 bits per heavy atom. The third-order valence-electron chi connectivity index (χ3n) is 6.22. The molecule has 0 N–H and O–H groups in total. The highest BCUT2D eigenvalue weighted by Gasteiger charge is 2.26. The van der Waals surface area contributed by atoms with Crippen LogP contribution in [-0.2, 0) is 0 Å². The summed E-state index contributed by atoms with van der Waals surface area (Å²) in [5.74, 6) is 0.820. The average molecular weight is 350 g/mol. The summed E-state index contributed by atoms with van der Waals surface area (Å²) in [5.41, 5.74) is 2.47. The summed E-state index contributed by atoms with van der Waals surface area (Å²) in [7, 11) is -0.199. The predicted octanol–water partition coefficient (Wildman–Crippen LogP) is 6.50. The quantitative estimate of drug-likeness (QED) is 0.552. The van der Waals surface area contributed by atoms with Crippen molar-refractivity contribution in [3.05, 3.63) is 60.2 Å². The molecule has 0 aromatic heterocycles. The molecule has 1 unspecified atom stereocenters. The monoisotopic (exact) mass is 350 g/mol. The number of hydrogen-bond donors (Lipinski definition) is 0. The van der Waals surface area contributed by atoms with E-state index in [1.807, 2.05) is 0 Å². The van der Waals surface area contributed by atoms with Crippen LogP contribution in [0.15, 0.2) is 54.6 Å². The van der Waals surface area contributed by atoms with Gasteiger partial charge in [-0.2, -0.15) is 0 Å². The molecule has 2 fully saturated rings. The van der Waals surface area contributed by atoms with Crippen molar-refractivity contribution in [1.82, 2.24) is 0 Å². The predicted molar refractivity (Wildman–Crippen MR) is 112 cm³/mol. The van der Waals surface area contributed by atoms with Gasteiger partial charge in [0.25, 0.3) is 0 Å². The molecule has 2 saturated carbocycles. The topological polar surface area (TPSA) is 0 Å². The molecule has 0 heterocycles. The van der Waals surface area contributed by atoms with E-state index in [-0.39, 0.29) is 7.92 Å². The molecular weight excluding hydrogens is 319 g/mol. The maximum atomic E-state index is 2.48. The summed E-state index contributed by atoms with van der Waals surface area (Å²) < 4.78 is 0. The van der Waals surface area contributed by atoms with Gasteiger partial charge in [0.05, 0.1) is 0 Å². The zero-order valence-electron chi connectivity index (χ0n) is 15.4. The molecule has 2 aliphatic carbocycles. The maximum Gasteiger partial charge on any atom is -0.0129 e. The first-order valence-electron chi connectivity index (χ1n) is 10.4. The summed E-state index contributed by atoms with van der Waals surface area (Å²) in [5, 5.41) is 3.18. The molecule has 0 radical (unpaired) electrons. The van der Waals surface area contributed by atoms with Crippen LogP contribution in [0.1, 0.15) is 75.7 Å². The Labute approximate surface area is 154 Å². The lowest BCUT2D eigenvalue weighted by molar-refractivity contribution is 0.443. The molecule has 25 heavy (non-hydrogen) atoms. The third-order valence-corrected chi connectivity index (χ3v) is 9.18. The average Bonchev–Trinajstić information content (AvgIpc) is 2.71. The van der Waals surface area contributed by atoms with E-state index in [4.69, 9.17) is 0 Å². The molecule has 0 aliphatic heterocycles. The standard InChI is InChI=1S/C24H31P/c1-4-10-20(11-5-1)21-16-18-24(19-17-21)25(22-12-6-2-7-13-22)23-14-8-3-9-15-23/h2,6-7,12-13,16-20,23H,1,3-5,8-11,14-15H2. The van der Waals surface area contributed by atoms with Crippen LogP contribution < -0.4 is 10.6 Å². The molecule has 0 bridgehead atoms. The first-order chi connectivity index (χ1) is 12.4. The van der Waals surface area contributed by atoms with Gasteiger partial charge in [0, 0.05) is 0 Å². The minimum Gasteiger partial charge on any atom is -0.0622 e. The van der Waals surface area contributed by atoms with Crippen molar-refractivity contribution in [3.8, 4) is 0 Å². The molecule has 0 nitrogen and oxygen atoms in total. The van der Waals surface area contributed by atoms with Crippen molar-refractivity contribution < 1.29 is 0 Å². The van der Waals surface area contributed by atoms with Crippen LogP contribution in [0.4, 0.5) is 0 Å². The number of rotatable bonds is 4. The summed E-state index contributed by atoms with van der Waals surface area (Å²) >= 11 is 0. The molecule has 0 saturated heterocycles. The van der Waals surface area contributed by atoms with Crippen LogP contribution in [0.3, 0.4) is 0 Å². The Hall–Kier alpha value is -1.13. The Bertz CT molecular complexity index is 634. The molecule has 0 amide bonds. The van der Waals surface area contributed by atoms with Gasteiger partial charge in [-0.1, -0.05) is 93.1 Å². The van der Waals surface area contributed by atoms with Crippen molar-refractivity contribution >= 4 is 18.5 Å². The lowest BCUT2D eigenvalue weighted by atomic mass is 9.84. The number of hydrogen-bond acceptors (Lipinski definition) is 0. The molecule has 2 aliphatic rings. The van der Waals surface area contributed by atoms with Crippen LogP contribution in [0.25, 0.3) is 0 Å². The van der Waals surface area contributed by atoms with Gasteiger partial charge < -0.3 is 0 Å². The Balaban J connectivity index is 1.60. The molecule has 2 aromatic carbocycles. The van der Waals surface area contributed by atoms with Crippen LogP contribution >= 0.6 is 7.92 Å². The van der Waals surface area contributed by atoms with Gasteiger partial charge in [-0.25, -0.2) is 0 Å². The summed E-state index contributed by atoms with van der Waals surface area (Å²) in [4.78, 5) is 0. The summed E-state index contributed by atoms with van der Waals surface area (Å²) in [6, 6.07) is 21.2. The van der Waals surface area contributed by atoms with Gasteiger partial charge in [-0.15, -0.1) is 0 Å². The highest BCUT2D eigenvalue weighted by atomic mass is 31.1. The highest BCUT2D eigenvalue weighted by Crippen LogP contribution is 2.46. The zero-order chi connectivity index (χ0) is 16.9. The van der Waals surface area contributed by atoms with E-state index < -0.39 is 0 Å². The molecule has 2 aromatic rings. The van der Waals surface area contributed by atoms with Gasteiger partial charge in [-0.3, -0.25) is 0 Å². The van der Waals surface area contributed by atoms with Gasteiger partial charge in [0.1, 0.15) is 0 Å². The van der Waals surface area contributed by atoms with Crippen LogP contribution in [0, 0.1) is 0 Å². The van der Waals surface area contributed by atoms with E-state index in [0.717, 1.165) is 11.6 Å². The van der Waals surface area contributed by atoms with Gasteiger partial charge in [0.2, 0.25) is 0 Å². The fourth-order valence-electron chi connectivity index (χ4n) is 4.84. The van der Waals surface area contributed by atoms with Crippen molar-refractivity contribution in [3.63, 3.8) is 0 Å². The smallest absolute Gasteiger partial charge is 0.0129 e. The largest absolute Gasteiger partial charge is 0.0622 e. The Morgan fingerprint density at radius 3 is 1.76 bits per heavy atom. The second-order valence-electron chi connectivity index (χ2n) is 7.92. The van der Waals surface area contributed by atoms with Crippen molar-refractivity contribution in [2.24, 2.45) is 0 Å². The Kier molecular flexibility index (Phi) is 5.88. The van der Waals surface area contributed by atoms with Crippen molar-refractivity contribution in [2.45, 2.75) is 75.8 Å². The van der Waals surface area contributed by atoms with E-state index >= 15 is 0 Å². The van der Waals surface area contributed by atoms with E-state index in [1.54, 1.807) is 16.2 Å².